The molecule has 2 rings (SSSR count). The van der Waals surface area contributed by atoms with Gasteiger partial charge in [0.05, 0.1) is 19.2 Å². The summed E-state index contributed by atoms with van der Waals surface area (Å²) in [5, 5.41) is 0. The predicted molar refractivity (Wildman–Crippen MR) is 81.5 cm³/mol. The summed E-state index contributed by atoms with van der Waals surface area (Å²) >= 11 is 0. The van der Waals surface area contributed by atoms with Crippen molar-refractivity contribution in [2.24, 2.45) is 0 Å². The third-order valence-electron chi connectivity index (χ3n) is 3.56. The van der Waals surface area contributed by atoms with Gasteiger partial charge in [-0.1, -0.05) is 6.08 Å². The molecule has 0 aromatic heterocycles. The number of methoxy groups -OCH3 is 1. The predicted octanol–water partition coefficient (Wildman–Crippen LogP) is 1.36. The van der Waals surface area contributed by atoms with Gasteiger partial charge in [-0.2, -0.15) is 0 Å². The monoisotopic (exact) mass is 302 g/mol. The summed E-state index contributed by atoms with van der Waals surface area (Å²) < 4.78 is 5.06. The lowest BCUT2D eigenvalue weighted by atomic mass is 10.2. The molecule has 1 aliphatic rings. The van der Waals surface area contributed by atoms with Crippen LogP contribution in [0.5, 0.6) is 5.75 Å². The zero-order valence-electron chi connectivity index (χ0n) is 12.6. The lowest BCUT2D eigenvalue weighted by Crippen LogP contribution is -2.44. The van der Waals surface area contributed by atoms with Crippen molar-refractivity contribution in [1.82, 2.24) is 4.90 Å². The molecular weight excluding hydrogens is 284 g/mol. The molecule has 6 nitrogen and oxygen atoms in total. The molecule has 1 saturated heterocycles. The molecule has 1 aromatic carbocycles. The average molecular weight is 302 g/mol. The van der Waals surface area contributed by atoms with Crippen molar-refractivity contribution in [2.45, 2.75) is 19.4 Å². The lowest BCUT2D eigenvalue weighted by Gasteiger charge is -2.25. The van der Waals surface area contributed by atoms with Crippen molar-refractivity contribution in [1.29, 1.82) is 0 Å². The summed E-state index contributed by atoms with van der Waals surface area (Å²) in [6.45, 7) is 5.18. The highest BCUT2D eigenvalue weighted by Gasteiger charge is 2.43. The maximum atomic E-state index is 12.5. The standard InChI is InChI=1S/C16H18N2O4/c1-4-9-17(11(2)19)14-10-15(20)18(16(14)21)12-5-7-13(22-3)8-6-12/h4-8,14H,1,9-10H2,2-3H3. The van der Waals surface area contributed by atoms with Gasteiger partial charge >= 0.3 is 0 Å². The molecule has 116 valence electrons. The summed E-state index contributed by atoms with van der Waals surface area (Å²) in [5.74, 6) is -0.346. The fourth-order valence-corrected chi connectivity index (χ4v) is 2.48. The summed E-state index contributed by atoms with van der Waals surface area (Å²) in [6, 6.07) is 5.86. The number of hydrogen-bond donors (Lipinski definition) is 0. The number of carbonyl (C=O) groups excluding carboxylic acids is 3. The van der Waals surface area contributed by atoms with Crippen LogP contribution in [0.3, 0.4) is 0 Å². The van der Waals surface area contributed by atoms with Gasteiger partial charge in [-0.15, -0.1) is 6.58 Å². The first kappa shape index (κ1) is 15.8. The van der Waals surface area contributed by atoms with Gasteiger partial charge in [0.1, 0.15) is 11.8 Å². The van der Waals surface area contributed by atoms with Crippen molar-refractivity contribution in [2.75, 3.05) is 18.6 Å². The van der Waals surface area contributed by atoms with Gasteiger partial charge in [-0.3, -0.25) is 14.4 Å². The molecule has 1 fully saturated rings. The van der Waals surface area contributed by atoms with E-state index in [-0.39, 0.29) is 24.8 Å². The largest absolute Gasteiger partial charge is 0.497 e. The van der Waals surface area contributed by atoms with E-state index in [4.69, 9.17) is 4.74 Å². The number of rotatable bonds is 5. The minimum Gasteiger partial charge on any atom is -0.497 e. The highest BCUT2D eigenvalue weighted by atomic mass is 16.5. The van der Waals surface area contributed by atoms with Crippen LogP contribution in [0, 0.1) is 0 Å². The molecule has 22 heavy (non-hydrogen) atoms. The van der Waals surface area contributed by atoms with E-state index in [1.54, 1.807) is 24.3 Å². The number of benzene rings is 1. The first-order valence-electron chi connectivity index (χ1n) is 6.88. The Bertz CT molecular complexity index is 609. The third-order valence-corrected chi connectivity index (χ3v) is 3.56. The lowest BCUT2D eigenvalue weighted by molar-refractivity contribution is -0.135. The maximum absolute atomic E-state index is 12.5. The first-order chi connectivity index (χ1) is 10.5. The fraction of sp³-hybridized carbons (Fsp3) is 0.312. The Morgan fingerprint density at radius 1 is 1.41 bits per heavy atom. The van der Waals surface area contributed by atoms with E-state index in [0.29, 0.717) is 11.4 Å². The van der Waals surface area contributed by atoms with Gasteiger partial charge in [0.15, 0.2) is 0 Å². The number of anilines is 1. The summed E-state index contributed by atoms with van der Waals surface area (Å²) in [7, 11) is 1.54. The van der Waals surface area contributed by atoms with Crippen LogP contribution in [0.4, 0.5) is 5.69 Å². The van der Waals surface area contributed by atoms with E-state index >= 15 is 0 Å². The Morgan fingerprint density at radius 3 is 2.55 bits per heavy atom. The molecule has 1 heterocycles. The van der Waals surface area contributed by atoms with Crippen LogP contribution in [0.15, 0.2) is 36.9 Å². The molecule has 1 atom stereocenters. The highest BCUT2D eigenvalue weighted by molar-refractivity contribution is 6.23. The minimum absolute atomic E-state index is 0.0156. The van der Waals surface area contributed by atoms with E-state index in [2.05, 4.69) is 6.58 Å². The molecule has 0 spiro atoms. The molecule has 0 N–H and O–H groups in total. The molecule has 1 unspecified atom stereocenters. The Labute approximate surface area is 129 Å². The number of ether oxygens (including phenoxy) is 1. The zero-order chi connectivity index (χ0) is 16.3. The second-order valence-corrected chi connectivity index (χ2v) is 4.95. The van der Waals surface area contributed by atoms with E-state index in [0.717, 1.165) is 4.90 Å². The molecule has 6 heteroatoms. The number of nitrogens with zero attached hydrogens (tertiary/aromatic N) is 2. The molecule has 1 aliphatic heterocycles. The normalized spacial score (nSPS) is 17.5. The maximum Gasteiger partial charge on any atom is 0.257 e. The van der Waals surface area contributed by atoms with Crippen LogP contribution in [0.25, 0.3) is 0 Å². The zero-order valence-corrected chi connectivity index (χ0v) is 12.6. The van der Waals surface area contributed by atoms with Gasteiger partial charge in [-0.25, -0.2) is 4.90 Å². The smallest absolute Gasteiger partial charge is 0.257 e. The Hall–Kier alpha value is -2.63. The van der Waals surface area contributed by atoms with Crippen molar-refractivity contribution in [3.63, 3.8) is 0 Å². The topological polar surface area (TPSA) is 66.9 Å². The van der Waals surface area contributed by atoms with E-state index in [9.17, 15) is 14.4 Å². The molecule has 0 radical (unpaired) electrons. The number of carbonyl (C=O) groups is 3. The number of hydrogen-bond acceptors (Lipinski definition) is 4. The average Bonchev–Trinajstić information content (AvgIpc) is 2.79. The van der Waals surface area contributed by atoms with E-state index in [1.165, 1.54) is 25.0 Å². The highest BCUT2D eigenvalue weighted by Crippen LogP contribution is 2.27. The van der Waals surface area contributed by atoms with Crippen molar-refractivity contribution >= 4 is 23.4 Å². The Morgan fingerprint density at radius 2 is 2.05 bits per heavy atom. The number of imide groups is 1. The fourth-order valence-electron chi connectivity index (χ4n) is 2.48. The van der Waals surface area contributed by atoms with Crippen LogP contribution in [0.2, 0.25) is 0 Å². The van der Waals surface area contributed by atoms with Gasteiger partial charge < -0.3 is 9.64 Å². The molecule has 0 aliphatic carbocycles. The van der Waals surface area contributed by atoms with Gasteiger partial charge in [-0.05, 0) is 24.3 Å². The van der Waals surface area contributed by atoms with E-state index in [1.807, 2.05) is 0 Å². The molecular formula is C16H18N2O4. The summed E-state index contributed by atoms with van der Waals surface area (Å²) in [4.78, 5) is 38.9. The minimum atomic E-state index is -0.773. The Balaban J connectivity index is 2.27. The van der Waals surface area contributed by atoms with Crippen LogP contribution >= 0.6 is 0 Å². The molecule has 3 amide bonds. The van der Waals surface area contributed by atoms with Crippen LogP contribution in [-0.4, -0.2) is 42.3 Å². The number of amides is 3. The SMILES string of the molecule is C=CCN(C(C)=O)C1CC(=O)N(c2ccc(OC)cc2)C1=O. The molecule has 0 saturated carbocycles. The second kappa shape index (κ2) is 6.43. The summed E-state index contributed by atoms with van der Waals surface area (Å²) in [6.07, 6.45) is 1.52. The van der Waals surface area contributed by atoms with Gasteiger partial charge in [0, 0.05) is 13.5 Å². The van der Waals surface area contributed by atoms with Crippen LogP contribution in [0.1, 0.15) is 13.3 Å². The first-order valence-corrected chi connectivity index (χ1v) is 6.88. The van der Waals surface area contributed by atoms with Crippen LogP contribution in [-0.2, 0) is 14.4 Å². The quantitative estimate of drug-likeness (QED) is 0.608. The Kier molecular flexibility index (Phi) is 4.60. The third kappa shape index (κ3) is 2.86. The van der Waals surface area contributed by atoms with Gasteiger partial charge in [0.2, 0.25) is 11.8 Å². The summed E-state index contributed by atoms with van der Waals surface area (Å²) in [5.41, 5.74) is 0.473. The van der Waals surface area contributed by atoms with E-state index < -0.39 is 11.9 Å². The van der Waals surface area contributed by atoms with Gasteiger partial charge in [0.25, 0.3) is 5.91 Å². The van der Waals surface area contributed by atoms with Crippen molar-refractivity contribution in [3.05, 3.63) is 36.9 Å². The van der Waals surface area contributed by atoms with Crippen molar-refractivity contribution in [3.8, 4) is 5.75 Å². The molecule has 1 aromatic rings. The molecule has 0 bridgehead atoms. The van der Waals surface area contributed by atoms with Crippen molar-refractivity contribution < 1.29 is 19.1 Å². The van der Waals surface area contributed by atoms with Crippen LogP contribution < -0.4 is 9.64 Å². The second-order valence-electron chi connectivity index (χ2n) is 4.95.